The van der Waals surface area contributed by atoms with Crippen LogP contribution in [-0.2, 0) is 4.74 Å². The summed E-state index contributed by atoms with van der Waals surface area (Å²) >= 11 is 0. The van der Waals surface area contributed by atoms with Crippen LogP contribution in [0.25, 0.3) is 0 Å². The monoisotopic (exact) mass is 146 g/mol. The lowest BCUT2D eigenvalue weighted by Gasteiger charge is -2.10. The lowest BCUT2D eigenvalue weighted by Crippen LogP contribution is -2.20. The molecule has 1 aliphatic rings. The van der Waals surface area contributed by atoms with E-state index >= 15 is 0 Å². The molecule has 10 heavy (non-hydrogen) atoms. The number of hydrogen-bond acceptors (Lipinski definition) is 2. The number of rotatable bonds is 1. The van der Waals surface area contributed by atoms with Crippen molar-refractivity contribution in [3.05, 3.63) is 0 Å². The van der Waals surface area contributed by atoms with Crippen molar-refractivity contribution in [3.8, 4) is 0 Å². The SMILES string of the molecule is CC.COC1CCCC1O. The van der Waals surface area contributed by atoms with Gasteiger partial charge in [-0.15, -0.1) is 0 Å². The quantitative estimate of drug-likeness (QED) is 0.608. The Bertz CT molecular complexity index is 73.7. The first-order valence-electron chi connectivity index (χ1n) is 4.05. The van der Waals surface area contributed by atoms with Crippen LogP contribution >= 0.6 is 0 Å². The second-order valence-electron chi connectivity index (χ2n) is 2.27. The van der Waals surface area contributed by atoms with E-state index < -0.39 is 0 Å². The van der Waals surface area contributed by atoms with Crippen molar-refractivity contribution in [2.75, 3.05) is 7.11 Å². The van der Waals surface area contributed by atoms with Gasteiger partial charge in [0.2, 0.25) is 0 Å². The molecule has 0 bridgehead atoms. The van der Waals surface area contributed by atoms with Crippen LogP contribution in [0.1, 0.15) is 33.1 Å². The molecule has 1 fully saturated rings. The van der Waals surface area contributed by atoms with Crippen LogP contribution < -0.4 is 0 Å². The molecule has 1 saturated carbocycles. The molecule has 1 N–H and O–H groups in total. The van der Waals surface area contributed by atoms with E-state index in [0.717, 1.165) is 19.3 Å². The van der Waals surface area contributed by atoms with E-state index in [9.17, 15) is 0 Å². The van der Waals surface area contributed by atoms with Gasteiger partial charge in [0.25, 0.3) is 0 Å². The van der Waals surface area contributed by atoms with Gasteiger partial charge in [0.05, 0.1) is 12.2 Å². The first-order valence-corrected chi connectivity index (χ1v) is 4.05. The predicted molar refractivity (Wildman–Crippen MR) is 42.0 cm³/mol. The van der Waals surface area contributed by atoms with Gasteiger partial charge in [-0.1, -0.05) is 13.8 Å². The van der Waals surface area contributed by atoms with Crippen LogP contribution in [0.5, 0.6) is 0 Å². The fraction of sp³-hybridized carbons (Fsp3) is 1.00. The van der Waals surface area contributed by atoms with E-state index in [1.807, 2.05) is 13.8 Å². The van der Waals surface area contributed by atoms with Gasteiger partial charge in [0, 0.05) is 7.11 Å². The molecule has 0 aromatic rings. The van der Waals surface area contributed by atoms with Gasteiger partial charge in [-0.25, -0.2) is 0 Å². The molecule has 0 spiro atoms. The zero-order valence-corrected chi connectivity index (χ0v) is 7.13. The summed E-state index contributed by atoms with van der Waals surface area (Å²) in [5.74, 6) is 0. The third-order valence-corrected chi connectivity index (χ3v) is 1.72. The van der Waals surface area contributed by atoms with E-state index in [4.69, 9.17) is 9.84 Å². The highest BCUT2D eigenvalue weighted by molar-refractivity contribution is 4.76. The Labute approximate surface area is 63.2 Å². The van der Waals surface area contributed by atoms with Gasteiger partial charge in [-0.05, 0) is 19.3 Å². The highest BCUT2D eigenvalue weighted by atomic mass is 16.5. The molecule has 0 heterocycles. The summed E-state index contributed by atoms with van der Waals surface area (Å²) < 4.78 is 4.97. The van der Waals surface area contributed by atoms with E-state index in [2.05, 4.69) is 0 Å². The highest BCUT2D eigenvalue weighted by Gasteiger charge is 2.23. The summed E-state index contributed by atoms with van der Waals surface area (Å²) in [5.41, 5.74) is 0. The Kier molecular flexibility index (Phi) is 5.64. The van der Waals surface area contributed by atoms with Gasteiger partial charge >= 0.3 is 0 Å². The predicted octanol–water partition coefficient (Wildman–Crippen LogP) is 1.57. The molecule has 2 heteroatoms. The largest absolute Gasteiger partial charge is 0.390 e. The maximum atomic E-state index is 9.06. The second kappa shape index (κ2) is 5.69. The fourth-order valence-electron chi connectivity index (χ4n) is 1.18. The van der Waals surface area contributed by atoms with Gasteiger partial charge in [-0.2, -0.15) is 0 Å². The minimum Gasteiger partial charge on any atom is -0.390 e. The summed E-state index contributed by atoms with van der Waals surface area (Å²) in [6.45, 7) is 4.00. The van der Waals surface area contributed by atoms with Crippen LogP contribution in [0, 0.1) is 0 Å². The number of aliphatic hydroxyl groups excluding tert-OH is 1. The van der Waals surface area contributed by atoms with E-state index in [-0.39, 0.29) is 12.2 Å². The topological polar surface area (TPSA) is 29.5 Å². The van der Waals surface area contributed by atoms with E-state index in [1.165, 1.54) is 0 Å². The summed E-state index contributed by atoms with van der Waals surface area (Å²) in [4.78, 5) is 0. The van der Waals surface area contributed by atoms with Gasteiger partial charge < -0.3 is 9.84 Å². The summed E-state index contributed by atoms with van der Waals surface area (Å²) in [6.07, 6.45) is 2.98. The molecule has 0 radical (unpaired) electrons. The van der Waals surface area contributed by atoms with E-state index in [0.29, 0.717) is 0 Å². The number of methoxy groups -OCH3 is 1. The lowest BCUT2D eigenvalue weighted by molar-refractivity contribution is 0.00983. The molecular formula is C8H18O2. The molecule has 62 valence electrons. The van der Waals surface area contributed by atoms with Crippen molar-refractivity contribution >= 4 is 0 Å². The molecule has 0 aliphatic heterocycles. The molecule has 2 nitrogen and oxygen atoms in total. The third-order valence-electron chi connectivity index (χ3n) is 1.72. The number of ether oxygens (including phenoxy) is 1. The molecule has 0 amide bonds. The summed E-state index contributed by atoms with van der Waals surface area (Å²) in [5, 5.41) is 9.06. The normalized spacial score (nSPS) is 31.2. The molecule has 1 aliphatic carbocycles. The summed E-state index contributed by atoms with van der Waals surface area (Å²) in [7, 11) is 1.65. The molecule has 0 saturated heterocycles. The van der Waals surface area contributed by atoms with Crippen molar-refractivity contribution < 1.29 is 9.84 Å². The molecule has 0 aromatic heterocycles. The summed E-state index contributed by atoms with van der Waals surface area (Å²) in [6, 6.07) is 0. The smallest absolute Gasteiger partial charge is 0.0830 e. The standard InChI is InChI=1S/C6H12O2.C2H6/c1-8-6-4-2-3-5(6)7;1-2/h5-7H,2-4H2,1H3;1-2H3. The Morgan fingerprint density at radius 3 is 2.10 bits per heavy atom. The van der Waals surface area contributed by atoms with Crippen molar-refractivity contribution in [2.45, 2.75) is 45.3 Å². The Morgan fingerprint density at radius 2 is 1.90 bits per heavy atom. The molecular weight excluding hydrogens is 128 g/mol. The maximum Gasteiger partial charge on any atom is 0.0830 e. The molecule has 0 aromatic carbocycles. The molecule has 2 unspecified atom stereocenters. The first kappa shape index (κ1) is 9.92. The number of aliphatic hydroxyl groups is 1. The zero-order valence-electron chi connectivity index (χ0n) is 7.13. The fourth-order valence-corrected chi connectivity index (χ4v) is 1.18. The zero-order chi connectivity index (χ0) is 7.98. The van der Waals surface area contributed by atoms with Crippen LogP contribution in [-0.4, -0.2) is 24.4 Å². The molecule has 2 atom stereocenters. The Morgan fingerprint density at radius 1 is 1.30 bits per heavy atom. The van der Waals surface area contributed by atoms with Crippen LogP contribution in [0.4, 0.5) is 0 Å². The van der Waals surface area contributed by atoms with Crippen LogP contribution in [0.15, 0.2) is 0 Å². The minimum atomic E-state index is -0.194. The van der Waals surface area contributed by atoms with Crippen molar-refractivity contribution in [1.82, 2.24) is 0 Å². The Hall–Kier alpha value is -0.0800. The van der Waals surface area contributed by atoms with Gasteiger partial charge in [-0.3, -0.25) is 0 Å². The maximum absolute atomic E-state index is 9.06. The second-order valence-corrected chi connectivity index (χ2v) is 2.27. The van der Waals surface area contributed by atoms with Crippen molar-refractivity contribution in [2.24, 2.45) is 0 Å². The average Bonchev–Trinajstić information content (AvgIpc) is 2.39. The first-order chi connectivity index (χ1) is 4.84. The lowest BCUT2D eigenvalue weighted by atomic mass is 10.3. The molecule has 1 rings (SSSR count). The third kappa shape index (κ3) is 2.67. The minimum absolute atomic E-state index is 0.120. The van der Waals surface area contributed by atoms with Crippen LogP contribution in [0.3, 0.4) is 0 Å². The van der Waals surface area contributed by atoms with E-state index in [1.54, 1.807) is 7.11 Å². The van der Waals surface area contributed by atoms with Gasteiger partial charge in [0.1, 0.15) is 0 Å². The number of hydrogen-bond donors (Lipinski definition) is 1. The average molecular weight is 146 g/mol. The Balaban J connectivity index is 0.000000371. The highest BCUT2D eigenvalue weighted by Crippen LogP contribution is 2.20. The van der Waals surface area contributed by atoms with Crippen LogP contribution in [0.2, 0.25) is 0 Å². The van der Waals surface area contributed by atoms with Crippen molar-refractivity contribution in [3.63, 3.8) is 0 Å². The van der Waals surface area contributed by atoms with Gasteiger partial charge in [0.15, 0.2) is 0 Å². The van der Waals surface area contributed by atoms with Crippen molar-refractivity contribution in [1.29, 1.82) is 0 Å².